The van der Waals surface area contributed by atoms with Gasteiger partial charge in [-0.1, -0.05) is 307 Å². The van der Waals surface area contributed by atoms with Crippen LogP contribution in [-0.2, 0) is 4.79 Å². The van der Waals surface area contributed by atoms with Crippen molar-refractivity contribution in [1.29, 1.82) is 0 Å². The van der Waals surface area contributed by atoms with Crippen molar-refractivity contribution >= 4 is 5.91 Å². The second-order valence-corrected chi connectivity index (χ2v) is 20.1. The van der Waals surface area contributed by atoms with Crippen molar-refractivity contribution in [3.8, 4) is 0 Å². The average Bonchev–Trinajstić information content (AvgIpc) is 3.30. The Morgan fingerprint density at radius 1 is 0.359 bits per heavy atom. The molecule has 0 bridgehead atoms. The third-order valence-electron chi connectivity index (χ3n) is 13.6. The van der Waals surface area contributed by atoms with Gasteiger partial charge in [-0.2, -0.15) is 0 Å². The molecule has 378 valence electrons. The summed E-state index contributed by atoms with van der Waals surface area (Å²) in [6.07, 6.45) is 76.1. The molecule has 0 aromatic heterocycles. The highest BCUT2D eigenvalue weighted by molar-refractivity contribution is 5.76. The summed E-state index contributed by atoms with van der Waals surface area (Å²) in [5.74, 6) is -0.0714. The van der Waals surface area contributed by atoms with Gasteiger partial charge in [0, 0.05) is 6.42 Å². The lowest BCUT2D eigenvalue weighted by atomic mass is 10.0. The molecule has 4 heteroatoms. The average molecular weight is 899 g/mol. The molecule has 2 unspecified atom stereocenters. The zero-order valence-corrected chi connectivity index (χ0v) is 43.6. The molecule has 0 heterocycles. The molecule has 0 saturated heterocycles. The minimum absolute atomic E-state index is 0.0714. The first-order valence-electron chi connectivity index (χ1n) is 29.2. The Kier molecular flexibility index (Phi) is 54.7. The molecular formula is C60H115NO3. The zero-order chi connectivity index (χ0) is 46.3. The number of hydrogen-bond acceptors (Lipinski definition) is 3. The third kappa shape index (κ3) is 51.6. The molecule has 0 radical (unpaired) electrons. The van der Waals surface area contributed by atoms with Crippen molar-refractivity contribution in [3.63, 3.8) is 0 Å². The van der Waals surface area contributed by atoms with Gasteiger partial charge in [-0.05, 0) is 44.9 Å². The smallest absolute Gasteiger partial charge is 0.220 e. The fraction of sp³-hybridized carbons (Fsp3) is 0.883. The molecule has 0 fully saturated rings. The Morgan fingerprint density at radius 3 is 0.906 bits per heavy atom. The van der Waals surface area contributed by atoms with Gasteiger partial charge in [-0.15, -0.1) is 0 Å². The van der Waals surface area contributed by atoms with Crippen LogP contribution in [0.5, 0.6) is 0 Å². The van der Waals surface area contributed by atoms with E-state index in [-0.39, 0.29) is 12.5 Å². The zero-order valence-electron chi connectivity index (χ0n) is 43.6. The van der Waals surface area contributed by atoms with Crippen molar-refractivity contribution in [3.05, 3.63) is 36.5 Å². The molecule has 0 aliphatic rings. The predicted molar refractivity (Wildman–Crippen MR) is 285 cm³/mol. The Labute approximate surface area is 402 Å². The van der Waals surface area contributed by atoms with Crippen LogP contribution in [-0.4, -0.2) is 34.9 Å². The summed E-state index contributed by atoms with van der Waals surface area (Å²) in [5, 5.41) is 23.2. The van der Waals surface area contributed by atoms with E-state index in [2.05, 4.69) is 43.5 Å². The first-order valence-corrected chi connectivity index (χ1v) is 29.2. The van der Waals surface area contributed by atoms with E-state index in [1.54, 1.807) is 6.08 Å². The summed E-state index contributed by atoms with van der Waals surface area (Å²) < 4.78 is 0. The number of carbonyl (C=O) groups excluding carboxylic acids is 1. The van der Waals surface area contributed by atoms with Crippen LogP contribution in [0.25, 0.3) is 0 Å². The van der Waals surface area contributed by atoms with Gasteiger partial charge in [-0.25, -0.2) is 0 Å². The van der Waals surface area contributed by atoms with Crippen LogP contribution < -0.4 is 5.32 Å². The van der Waals surface area contributed by atoms with Crippen LogP contribution in [0.4, 0.5) is 0 Å². The topological polar surface area (TPSA) is 69.6 Å². The van der Waals surface area contributed by atoms with Gasteiger partial charge in [-0.3, -0.25) is 4.79 Å². The molecular weight excluding hydrogens is 783 g/mol. The van der Waals surface area contributed by atoms with E-state index in [4.69, 9.17) is 0 Å². The van der Waals surface area contributed by atoms with Crippen molar-refractivity contribution < 1.29 is 15.0 Å². The van der Waals surface area contributed by atoms with Crippen molar-refractivity contribution in [2.75, 3.05) is 6.61 Å². The number of hydrogen-bond donors (Lipinski definition) is 3. The molecule has 64 heavy (non-hydrogen) atoms. The molecule has 4 nitrogen and oxygen atoms in total. The van der Waals surface area contributed by atoms with Crippen LogP contribution in [0.2, 0.25) is 0 Å². The second-order valence-electron chi connectivity index (χ2n) is 20.1. The Morgan fingerprint density at radius 2 is 0.609 bits per heavy atom. The van der Waals surface area contributed by atoms with Gasteiger partial charge < -0.3 is 15.5 Å². The first kappa shape index (κ1) is 62.6. The summed E-state index contributed by atoms with van der Waals surface area (Å²) in [5.41, 5.74) is 0. The molecule has 0 aromatic carbocycles. The Balaban J connectivity index is 3.51. The Hall–Kier alpha value is -1.39. The predicted octanol–water partition coefficient (Wildman–Crippen LogP) is 19.3. The van der Waals surface area contributed by atoms with Crippen molar-refractivity contribution in [1.82, 2.24) is 5.32 Å². The van der Waals surface area contributed by atoms with Crippen LogP contribution in [0.15, 0.2) is 36.5 Å². The Bertz CT molecular complexity index is 974. The van der Waals surface area contributed by atoms with E-state index in [9.17, 15) is 15.0 Å². The second kappa shape index (κ2) is 55.9. The molecule has 0 aliphatic heterocycles. The van der Waals surface area contributed by atoms with Crippen LogP contribution in [0, 0.1) is 0 Å². The maximum absolute atomic E-state index is 12.5. The quantitative estimate of drug-likeness (QED) is 0.0421. The van der Waals surface area contributed by atoms with E-state index < -0.39 is 12.1 Å². The van der Waals surface area contributed by atoms with E-state index in [0.717, 1.165) is 38.5 Å². The largest absolute Gasteiger partial charge is 0.394 e. The summed E-state index contributed by atoms with van der Waals surface area (Å²) in [4.78, 5) is 12.5. The first-order chi connectivity index (χ1) is 31.7. The lowest BCUT2D eigenvalue weighted by molar-refractivity contribution is -0.123. The maximum atomic E-state index is 12.5. The van der Waals surface area contributed by atoms with Crippen molar-refractivity contribution in [2.45, 2.75) is 334 Å². The van der Waals surface area contributed by atoms with E-state index >= 15 is 0 Å². The molecule has 0 aliphatic carbocycles. The summed E-state index contributed by atoms with van der Waals surface area (Å²) in [7, 11) is 0. The van der Waals surface area contributed by atoms with Crippen molar-refractivity contribution in [2.24, 2.45) is 0 Å². The number of rotatable bonds is 54. The van der Waals surface area contributed by atoms with E-state index in [0.29, 0.717) is 6.42 Å². The molecule has 1 amide bonds. The van der Waals surface area contributed by atoms with Gasteiger partial charge in [0.05, 0.1) is 18.8 Å². The minimum Gasteiger partial charge on any atom is -0.394 e. The highest BCUT2D eigenvalue weighted by atomic mass is 16.3. The fourth-order valence-electron chi connectivity index (χ4n) is 9.16. The van der Waals surface area contributed by atoms with Crippen LogP contribution in [0.3, 0.4) is 0 Å². The highest BCUT2D eigenvalue weighted by Gasteiger charge is 2.18. The minimum atomic E-state index is -0.869. The molecule has 3 N–H and O–H groups in total. The number of amides is 1. The van der Waals surface area contributed by atoms with Gasteiger partial charge in [0.1, 0.15) is 0 Å². The van der Waals surface area contributed by atoms with Gasteiger partial charge in [0.15, 0.2) is 0 Å². The van der Waals surface area contributed by atoms with Gasteiger partial charge >= 0.3 is 0 Å². The maximum Gasteiger partial charge on any atom is 0.220 e. The summed E-state index contributed by atoms with van der Waals surface area (Å²) in [6, 6.07) is -0.644. The van der Waals surface area contributed by atoms with E-state index in [1.807, 2.05) is 6.08 Å². The number of aliphatic hydroxyl groups is 2. The molecule has 0 spiro atoms. The number of nitrogens with one attached hydrogen (secondary N) is 1. The standard InChI is InChI=1S/C60H115NO3/c1-3-5-7-9-11-13-15-17-19-21-23-25-27-29-30-32-34-36-38-40-42-44-46-48-50-52-54-56-60(64)61-58(57-62)59(63)55-53-51-49-47-45-43-41-39-37-35-33-31-28-26-24-22-20-18-16-14-12-10-8-6-4-2/h37,39,45,47,53,55,58-59,62-63H,3-36,38,40-44,46,48-52,54,56-57H2,1-2H3,(H,61,64)/b39-37+,47-45+,55-53+. The number of aliphatic hydroxyl groups excluding tert-OH is 2. The summed E-state index contributed by atoms with van der Waals surface area (Å²) >= 11 is 0. The molecule has 0 rings (SSSR count). The van der Waals surface area contributed by atoms with Crippen LogP contribution >= 0.6 is 0 Å². The van der Waals surface area contributed by atoms with Gasteiger partial charge in [0.2, 0.25) is 5.91 Å². The SMILES string of the molecule is CCCCCCCCCCCCCCCCC/C=C/CC/C=C/CC/C=C/C(O)C(CO)NC(=O)CCCCCCCCCCCCCCCCCCCCCCCCCCCCC. The lowest BCUT2D eigenvalue weighted by Gasteiger charge is -2.19. The molecule has 0 aromatic rings. The normalized spacial score (nSPS) is 13.0. The van der Waals surface area contributed by atoms with Crippen LogP contribution in [0.1, 0.15) is 322 Å². The summed E-state index contributed by atoms with van der Waals surface area (Å²) in [6.45, 7) is 4.33. The highest BCUT2D eigenvalue weighted by Crippen LogP contribution is 2.18. The fourth-order valence-corrected chi connectivity index (χ4v) is 9.16. The number of unbranched alkanes of at least 4 members (excludes halogenated alkanes) is 43. The van der Waals surface area contributed by atoms with E-state index in [1.165, 1.54) is 263 Å². The number of allylic oxidation sites excluding steroid dienone is 5. The lowest BCUT2D eigenvalue weighted by Crippen LogP contribution is -2.45. The third-order valence-corrected chi connectivity index (χ3v) is 13.6. The monoisotopic (exact) mass is 898 g/mol. The van der Waals surface area contributed by atoms with Gasteiger partial charge in [0.25, 0.3) is 0 Å². The molecule has 0 saturated carbocycles. The number of carbonyl (C=O) groups is 1. The molecule has 2 atom stereocenters.